The van der Waals surface area contributed by atoms with Crippen molar-refractivity contribution in [3.63, 3.8) is 0 Å². The zero-order chi connectivity index (χ0) is 10.2. The summed E-state index contributed by atoms with van der Waals surface area (Å²) in [5.74, 6) is 0.626. The van der Waals surface area contributed by atoms with Gasteiger partial charge in [0, 0.05) is 12.8 Å². The maximum Gasteiger partial charge on any atom is 0.230 e. The van der Waals surface area contributed by atoms with Gasteiger partial charge in [0.25, 0.3) is 0 Å². The quantitative estimate of drug-likeness (QED) is 0.595. The van der Waals surface area contributed by atoms with Gasteiger partial charge < -0.3 is 9.47 Å². The van der Waals surface area contributed by atoms with Crippen LogP contribution in [-0.2, 0) is 4.74 Å². The van der Waals surface area contributed by atoms with Crippen molar-refractivity contribution in [2.24, 2.45) is 0 Å². The van der Waals surface area contributed by atoms with Gasteiger partial charge in [-0.05, 0) is 29.0 Å². The fraction of sp³-hybridized carbons (Fsp3) is 0.556. The number of nitrogens with zero attached hydrogens (tertiary/aromatic N) is 2. The average Bonchev–Trinajstić information content (AvgIpc) is 2.20. The van der Waals surface area contributed by atoms with E-state index in [0.717, 1.165) is 16.6 Å². The van der Waals surface area contributed by atoms with E-state index >= 15 is 0 Å². The van der Waals surface area contributed by atoms with Crippen LogP contribution in [0.5, 0.6) is 5.88 Å². The molecule has 0 N–H and O–H groups in total. The van der Waals surface area contributed by atoms with Gasteiger partial charge in [0.1, 0.15) is 12.9 Å². The lowest BCUT2D eigenvalue weighted by Gasteiger charge is -2.06. The van der Waals surface area contributed by atoms with E-state index in [4.69, 9.17) is 9.47 Å². The van der Waals surface area contributed by atoms with E-state index in [1.54, 1.807) is 6.20 Å². The molecule has 5 heteroatoms. The molecule has 1 rings (SSSR count). The molecule has 0 saturated carbocycles. The number of halogens is 1. The van der Waals surface area contributed by atoms with Gasteiger partial charge >= 0.3 is 0 Å². The molecule has 0 aliphatic carbocycles. The van der Waals surface area contributed by atoms with Crippen LogP contribution in [-0.4, -0.2) is 29.8 Å². The molecule has 1 aromatic rings. The SMILES string of the molecule is CCCOCCOc1ncncc1I. The Kier molecular flexibility index (Phi) is 5.77. The molecule has 0 saturated heterocycles. The molecular weight excluding hydrogens is 295 g/mol. The first-order valence-corrected chi connectivity index (χ1v) is 5.58. The van der Waals surface area contributed by atoms with Gasteiger partial charge in [-0.3, -0.25) is 0 Å². The Labute approximate surface area is 97.2 Å². The van der Waals surface area contributed by atoms with Gasteiger partial charge in [-0.25, -0.2) is 9.97 Å². The lowest BCUT2D eigenvalue weighted by molar-refractivity contribution is 0.0986. The predicted molar refractivity (Wildman–Crippen MR) is 61.4 cm³/mol. The molecule has 0 fully saturated rings. The lowest BCUT2D eigenvalue weighted by atomic mass is 10.5. The van der Waals surface area contributed by atoms with E-state index in [1.807, 2.05) is 0 Å². The molecule has 0 aliphatic rings. The lowest BCUT2D eigenvalue weighted by Crippen LogP contribution is -2.08. The third-order valence-electron chi connectivity index (χ3n) is 1.45. The molecule has 4 nitrogen and oxygen atoms in total. The maximum atomic E-state index is 5.40. The molecule has 0 aromatic carbocycles. The molecule has 0 spiro atoms. The first-order chi connectivity index (χ1) is 6.84. The van der Waals surface area contributed by atoms with Crippen LogP contribution in [0.1, 0.15) is 13.3 Å². The molecule has 0 bridgehead atoms. The van der Waals surface area contributed by atoms with Crippen molar-refractivity contribution in [3.8, 4) is 5.88 Å². The summed E-state index contributed by atoms with van der Waals surface area (Å²) in [6, 6.07) is 0. The smallest absolute Gasteiger partial charge is 0.230 e. The van der Waals surface area contributed by atoms with Gasteiger partial charge in [0.2, 0.25) is 5.88 Å². The first kappa shape index (κ1) is 11.6. The van der Waals surface area contributed by atoms with Gasteiger partial charge in [0.05, 0.1) is 10.2 Å². The predicted octanol–water partition coefficient (Wildman–Crippen LogP) is 1.89. The molecule has 0 aliphatic heterocycles. The van der Waals surface area contributed by atoms with Gasteiger partial charge in [-0.15, -0.1) is 0 Å². The van der Waals surface area contributed by atoms with Crippen molar-refractivity contribution < 1.29 is 9.47 Å². The van der Waals surface area contributed by atoms with Gasteiger partial charge in [0.15, 0.2) is 0 Å². The fourth-order valence-electron chi connectivity index (χ4n) is 0.851. The number of hydrogen-bond donors (Lipinski definition) is 0. The standard InChI is InChI=1S/C9H13IN2O2/c1-2-3-13-4-5-14-9-8(10)6-11-7-12-9/h6-7H,2-5H2,1H3. The molecule has 1 heterocycles. The van der Waals surface area contributed by atoms with Crippen molar-refractivity contribution in [3.05, 3.63) is 16.1 Å². The van der Waals surface area contributed by atoms with E-state index in [9.17, 15) is 0 Å². The third kappa shape index (κ3) is 4.19. The van der Waals surface area contributed by atoms with Crippen molar-refractivity contribution in [1.29, 1.82) is 0 Å². The highest BCUT2D eigenvalue weighted by Gasteiger charge is 2.00. The van der Waals surface area contributed by atoms with Crippen LogP contribution < -0.4 is 4.74 Å². The largest absolute Gasteiger partial charge is 0.474 e. The van der Waals surface area contributed by atoms with Gasteiger partial charge in [-0.1, -0.05) is 6.92 Å². The first-order valence-electron chi connectivity index (χ1n) is 4.50. The molecule has 0 radical (unpaired) electrons. The fourth-order valence-corrected chi connectivity index (χ4v) is 1.31. The van der Waals surface area contributed by atoms with E-state index in [2.05, 4.69) is 39.5 Å². The summed E-state index contributed by atoms with van der Waals surface area (Å²) in [7, 11) is 0. The normalized spacial score (nSPS) is 10.1. The zero-order valence-electron chi connectivity index (χ0n) is 8.07. The Morgan fingerprint density at radius 1 is 1.36 bits per heavy atom. The van der Waals surface area contributed by atoms with Gasteiger partial charge in [-0.2, -0.15) is 0 Å². The minimum absolute atomic E-state index is 0.535. The number of ether oxygens (including phenoxy) is 2. The van der Waals surface area contributed by atoms with Crippen LogP contribution in [0.2, 0.25) is 0 Å². The summed E-state index contributed by atoms with van der Waals surface area (Å²) < 4.78 is 11.6. The molecule has 0 amide bonds. The second-order valence-electron chi connectivity index (χ2n) is 2.64. The average molecular weight is 308 g/mol. The summed E-state index contributed by atoms with van der Waals surface area (Å²) in [6.07, 6.45) is 4.23. The highest BCUT2D eigenvalue weighted by atomic mass is 127. The highest BCUT2D eigenvalue weighted by Crippen LogP contribution is 2.14. The molecule has 0 unspecified atom stereocenters. The van der Waals surface area contributed by atoms with E-state index < -0.39 is 0 Å². The summed E-state index contributed by atoms with van der Waals surface area (Å²) in [5.41, 5.74) is 0. The summed E-state index contributed by atoms with van der Waals surface area (Å²) >= 11 is 2.14. The number of rotatable bonds is 6. The van der Waals surface area contributed by atoms with Crippen molar-refractivity contribution in [2.45, 2.75) is 13.3 Å². The topological polar surface area (TPSA) is 44.2 Å². The number of hydrogen-bond acceptors (Lipinski definition) is 4. The van der Waals surface area contributed by atoms with E-state index in [-0.39, 0.29) is 0 Å². The molecule has 78 valence electrons. The van der Waals surface area contributed by atoms with Crippen LogP contribution in [0.3, 0.4) is 0 Å². The molecule has 0 atom stereocenters. The van der Waals surface area contributed by atoms with E-state index in [1.165, 1.54) is 6.33 Å². The molecule has 1 aromatic heterocycles. The van der Waals surface area contributed by atoms with Crippen LogP contribution in [0.25, 0.3) is 0 Å². The van der Waals surface area contributed by atoms with Crippen LogP contribution in [0.15, 0.2) is 12.5 Å². The summed E-state index contributed by atoms with van der Waals surface area (Å²) in [5, 5.41) is 0. The van der Waals surface area contributed by atoms with Crippen molar-refractivity contribution in [2.75, 3.05) is 19.8 Å². The Hall–Kier alpha value is -0.430. The number of aromatic nitrogens is 2. The zero-order valence-corrected chi connectivity index (χ0v) is 10.2. The molecular formula is C9H13IN2O2. The third-order valence-corrected chi connectivity index (χ3v) is 2.19. The summed E-state index contributed by atoms with van der Waals surface area (Å²) in [4.78, 5) is 7.87. The second kappa shape index (κ2) is 6.94. The van der Waals surface area contributed by atoms with Crippen molar-refractivity contribution >= 4 is 22.6 Å². The van der Waals surface area contributed by atoms with Crippen LogP contribution in [0, 0.1) is 3.57 Å². The molecule has 14 heavy (non-hydrogen) atoms. The Balaban J connectivity index is 2.21. The second-order valence-corrected chi connectivity index (χ2v) is 3.80. The Morgan fingerprint density at radius 2 is 2.21 bits per heavy atom. The summed E-state index contributed by atoms with van der Waals surface area (Å²) in [6.45, 7) is 4.00. The van der Waals surface area contributed by atoms with Crippen molar-refractivity contribution in [1.82, 2.24) is 9.97 Å². The minimum atomic E-state index is 0.535. The Bertz CT molecular complexity index is 271. The highest BCUT2D eigenvalue weighted by molar-refractivity contribution is 14.1. The minimum Gasteiger partial charge on any atom is -0.474 e. The van der Waals surface area contributed by atoms with Crippen LogP contribution in [0.4, 0.5) is 0 Å². The van der Waals surface area contributed by atoms with Crippen LogP contribution >= 0.6 is 22.6 Å². The maximum absolute atomic E-state index is 5.40. The van der Waals surface area contributed by atoms with E-state index in [0.29, 0.717) is 19.1 Å². The monoisotopic (exact) mass is 308 g/mol. The Morgan fingerprint density at radius 3 is 2.93 bits per heavy atom.